The van der Waals surface area contributed by atoms with Gasteiger partial charge in [-0.3, -0.25) is 4.79 Å². The molecule has 2 fully saturated rings. The van der Waals surface area contributed by atoms with Crippen LogP contribution in [0.15, 0.2) is 0 Å². The van der Waals surface area contributed by atoms with Crippen molar-refractivity contribution >= 4 is 5.78 Å². The summed E-state index contributed by atoms with van der Waals surface area (Å²) in [6.45, 7) is 1.94. The predicted octanol–water partition coefficient (Wildman–Crippen LogP) is 2.65. The van der Waals surface area contributed by atoms with Gasteiger partial charge in [0.2, 0.25) is 0 Å². The van der Waals surface area contributed by atoms with Crippen LogP contribution in [0.25, 0.3) is 0 Å². The molecule has 0 aromatic rings. The summed E-state index contributed by atoms with van der Waals surface area (Å²) in [5.74, 6) is 1.43. The first kappa shape index (κ1) is 11.1. The van der Waals surface area contributed by atoms with Gasteiger partial charge < -0.3 is 5.73 Å². The highest BCUT2D eigenvalue weighted by molar-refractivity contribution is 5.88. The number of Topliss-reactive ketones (excluding diaryl/α,β-unsaturated/α-hetero) is 1. The van der Waals surface area contributed by atoms with Crippen molar-refractivity contribution in [1.29, 1.82) is 0 Å². The van der Waals surface area contributed by atoms with E-state index in [0.29, 0.717) is 17.6 Å². The summed E-state index contributed by atoms with van der Waals surface area (Å²) in [6, 6.07) is 0. The predicted molar refractivity (Wildman–Crippen MR) is 61.5 cm³/mol. The third-order valence-electron chi connectivity index (χ3n) is 4.23. The SMILES string of the molecule is CC(N)(C(=O)CC1CCCCC1)C1CC1. The van der Waals surface area contributed by atoms with Gasteiger partial charge in [-0.05, 0) is 31.6 Å². The number of rotatable bonds is 4. The molecular weight excluding hydrogens is 186 g/mol. The zero-order valence-electron chi connectivity index (χ0n) is 9.80. The van der Waals surface area contributed by atoms with Crippen molar-refractivity contribution in [3.8, 4) is 0 Å². The molecule has 1 unspecified atom stereocenters. The van der Waals surface area contributed by atoms with Crippen LogP contribution in [-0.2, 0) is 4.79 Å². The van der Waals surface area contributed by atoms with Crippen molar-refractivity contribution in [2.75, 3.05) is 0 Å². The normalized spacial score (nSPS) is 27.3. The van der Waals surface area contributed by atoms with Gasteiger partial charge in [0.15, 0.2) is 5.78 Å². The maximum Gasteiger partial charge on any atom is 0.152 e. The number of carbonyl (C=O) groups is 1. The average molecular weight is 209 g/mol. The van der Waals surface area contributed by atoms with E-state index in [-0.39, 0.29) is 0 Å². The summed E-state index contributed by atoms with van der Waals surface area (Å²) in [5, 5.41) is 0. The van der Waals surface area contributed by atoms with Crippen LogP contribution >= 0.6 is 0 Å². The Morgan fingerprint density at radius 2 is 1.80 bits per heavy atom. The Bertz CT molecular complexity index is 237. The highest BCUT2D eigenvalue weighted by Gasteiger charge is 2.43. The van der Waals surface area contributed by atoms with E-state index in [4.69, 9.17) is 5.73 Å². The number of ketones is 1. The molecule has 2 aliphatic rings. The van der Waals surface area contributed by atoms with Gasteiger partial charge in [0, 0.05) is 6.42 Å². The summed E-state index contributed by atoms with van der Waals surface area (Å²) < 4.78 is 0. The van der Waals surface area contributed by atoms with Gasteiger partial charge in [0.25, 0.3) is 0 Å². The molecule has 2 aliphatic carbocycles. The summed E-state index contributed by atoms with van der Waals surface area (Å²) in [5.41, 5.74) is 5.62. The number of carbonyl (C=O) groups excluding carboxylic acids is 1. The zero-order valence-corrected chi connectivity index (χ0v) is 9.80. The molecule has 0 aliphatic heterocycles. The fourth-order valence-electron chi connectivity index (χ4n) is 2.78. The van der Waals surface area contributed by atoms with E-state index in [1.165, 1.54) is 32.1 Å². The fraction of sp³-hybridized carbons (Fsp3) is 0.923. The Hall–Kier alpha value is -0.370. The molecule has 86 valence electrons. The van der Waals surface area contributed by atoms with Gasteiger partial charge in [-0.25, -0.2) is 0 Å². The first-order chi connectivity index (χ1) is 7.10. The van der Waals surface area contributed by atoms with Crippen LogP contribution in [0.2, 0.25) is 0 Å². The molecule has 0 saturated heterocycles. The van der Waals surface area contributed by atoms with E-state index in [2.05, 4.69) is 0 Å². The molecule has 0 radical (unpaired) electrons. The van der Waals surface area contributed by atoms with Gasteiger partial charge in [0.1, 0.15) is 0 Å². The van der Waals surface area contributed by atoms with Crippen LogP contribution in [-0.4, -0.2) is 11.3 Å². The van der Waals surface area contributed by atoms with E-state index < -0.39 is 5.54 Å². The Morgan fingerprint density at radius 3 is 2.33 bits per heavy atom. The molecule has 1 atom stereocenters. The van der Waals surface area contributed by atoms with Crippen molar-refractivity contribution in [2.45, 2.75) is 63.8 Å². The molecule has 2 nitrogen and oxygen atoms in total. The largest absolute Gasteiger partial charge is 0.319 e. The third kappa shape index (κ3) is 2.60. The van der Waals surface area contributed by atoms with Gasteiger partial charge in [-0.1, -0.05) is 32.1 Å². The first-order valence-corrected chi connectivity index (χ1v) is 6.43. The molecule has 0 spiro atoms. The van der Waals surface area contributed by atoms with Gasteiger partial charge in [0.05, 0.1) is 5.54 Å². The van der Waals surface area contributed by atoms with Crippen molar-refractivity contribution in [3.63, 3.8) is 0 Å². The molecule has 0 aromatic carbocycles. The maximum atomic E-state index is 12.1. The fourth-order valence-corrected chi connectivity index (χ4v) is 2.78. The van der Waals surface area contributed by atoms with Crippen molar-refractivity contribution in [3.05, 3.63) is 0 Å². The third-order valence-corrected chi connectivity index (χ3v) is 4.23. The number of nitrogens with two attached hydrogens (primary N) is 1. The Labute approximate surface area is 92.6 Å². The van der Waals surface area contributed by atoms with E-state index in [1.54, 1.807) is 0 Å². The topological polar surface area (TPSA) is 43.1 Å². The van der Waals surface area contributed by atoms with Gasteiger partial charge in [-0.2, -0.15) is 0 Å². The lowest BCUT2D eigenvalue weighted by Crippen LogP contribution is -2.47. The lowest BCUT2D eigenvalue weighted by atomic mass is 9.80. The van der Waals surface area contributed by atoms with Crippen LogP contribution in [0.4, 0.5) is 0 Å². The molecule has 2 rings (SSSR count). The molecule has 0 aromatic heterocycles. The van der Waals surface area contributed by atoms with Gasteiger partial charge in [-0.15, -0.1) is 0 Å². The highest BCUT2D eigenvalue weighted by Crippen LogP contribution is 2.40. The monoisotopic (exact) mass is 209 g/mol. The standard InChI is InChI=1S/C13H23NO/c1-13(14,11-7-8-11)12(15)9-10-5-3-2-4-6-10/h10-11H,2-9,14H2,1H3. The number of hydrogen-bond acceptors (Lipinski definition) is 2. The minimum Gasteiger partial charge on any atom is -0.319 e. The van der Waals surface area contributed by atoms with Crippen molar-refractivity contribution in [2.24, 2.45) is 17.6 Å². The van der Waals surface area contributed by atoms with Crippen molar-refractivity contribution in [1.82, 2.24) is 0 Å². The quantitative estimate of drug-likeness (QED) is 0.773. The Balaban J connectivity index is 1.84. The van der Waals surface area contributed by atoms with E-state index >= 15 is 0 Å². The second-order valence-corrected chi connectivity index (χ2v) is 5.69. The average Bonchev–Trinajstić information content (AvgIpc) is 3.02. The van der Waals surface area contributed by atoms with E-state index in [1.807, 2.05) is 6.92 Å². The molecule has 15 heavy (non-hydrogen) atoms. The minimum atomic E-state index is -0.516. The Kier molecular flexibility index (Phi) is 3.15. The molecule has 2 N–H and O–H groups in total. The Morgan fingerprint density at radius 1 is 1.20 bits per heavy atom. The summed E-state index contributed by atoms with van der Waals surface area (Å²) in [6.07, 6.45) is 9.51. The lowest BCUT2D eigenvalue weighted by Gasteiger charge is -2.27. The van der Waals surface area contributed by atoms with E-state index in [9.17, 15) is 4.79 Å². The molecule has 0 bridgehead atoms. The number of hydrogen-bond donors (Lipinski definition) is 1. The second kappa shape index (κ2) is 4.25. The van der Waals surface area contributed by atoms with E-state index in [0.717, 1.165) is 19.3 Å². The van der Waals surface area contributed by atoms with Crippen LogP contribution < -0.4 is 5.73 Å². The van der Waals surface area contributed by atoms with Crippen LogP contribution in [0, 0.1) is 11.8 Å². The van der Waals surface area contributed by atoms with Crippen LogP contribution in [0.1, 0.15) is 58.3 Å². The summed E-state index contributed by atoms with van der Waals surface area (Å²) in [4.78, 5) is 12.1. The first-order valence-electron chi connectivity index (χ1n) is 6.43. The van der Waals surface area contributed by atoms with Crippen LogP contribution in [0.5, 0.6) is 0 Å². The highest BCUT2D eigenvalue weighted by atomic mass is 16.1. The molecule has 2 saturated carbocycles. The summed E-state index contributed by atoms with van der Waals surface area (Å²) >= 11 is 0. The van der Waals surface area contributed by atoms with Crippen molar-refractivity contribution < 1.29 is 4.79 Å². The lowest BCUT2D eigenvalue weighted by molar-refractivity contribution is -0.125. The molecule has 2 heteroatoms. The van der Waals surface area contributed by atoms with Crippen LogP contribution in [0.3, 0.4) is 0 Å². The maximum absolute atomic E-state index is 12.1. The second-order valence-electron chi connectivity index (χ2n) is 5.69. The molecular formula is C13H23NO. The van der Waals surface area contributed by atoms with Gasteiger partial charge >= 0.3 is 0 Å². The molecule has 0 heterocycles. The minimum absolute atomic E-state index is 0.317. The zero-order chi connectivity index (χ0) is 10.9. The smallest absolute Gasteiger partial charge is 0.152 e. The molecule has 0 amide bonds. The summed E-state index contributed by atoms with van der Waals surface area (Å²) in [7, 11) is 0.